The summed E-state index contributed by atoms with van der Waals surface area (Å²) in [5, 5.41) is 5.44. The second kappa shape index (κ2) is 10.0. The van der Waals surface area contributed by atoms with Crippen LogP contribution >= 0.6 is 11.8 Å². The van der Waals surface area contributed by atoms with Crippen LogP contribution in [-0.4, -0.2) is 49.4 Å². The molecule has 0 spiro atoms. The summed E-state index contributed by atoms with van der Waals surface area (Å²) in [5.74, 6) is -0.676. The van der Waals surface area contributed by atoms with Crippen LogP contribution in [0, 0.1) is 0 Å². The predicted octanol–water partition coefficient (Wildman–Crippen LogP) is 4.87. The highest BCUT2D eigenvalue weighted by atomic mass is 32.2. The molecular formula is C21H20F3NO6S. The minimum atomic E-state index is -3.58. The average Bonchev–Trinajstić information content (AvgIpc) is 3.19. The maximum absolute atomic E-state index is 13.5. The molecule has 0 aromatic heterocycles. The number of aliphatic carboxylic acids is 1. The maximum Gasteiger partial charge on any atom is 0.414 e. The van der Waals surface area contributed by atoms with Gasteiger partial charge in [0.25, 0.3) is 0 Å². The summed E-state index contributed by atoms with van der Waals surface area (Å²) in [5.41, 5.74) is 1.15. The molecule has 1 saturated heterocycles. The van der Waals surface area contributed by atoms with E-state index in [9.17, 15) is 22.8 Å². The van der Waals surface area contributed by atoms with Crippen molar-refractivity contribution in [3.8, 4) is 17.2 Å². The van der Waals surface area contributed by atoms with Crippen molar-refractivity contribution in [3.63, 3.8) is 0 Å². The lowest BCUT2D eigenvalue weighted by Crippen LogP contribution is -2.23. The van der Waals surface area contributed by atoms with E-state index < -0.39 is 24.0 Å². The lowest BCUT2D eigenvalue weighted by Gasteiger charge is -2.19. The number of rotatable bonds is 10. The van der Waals surface area contributed by atoms with Crippen molar-refractivity contribution in [1.29, 1.82) is 0 Å². The van der Waals surface area contributed by atoms with Gasteiger partial charge < -0.3 is 19.3 Å². The van der Waals surface area contributed by atoms with E-state index in [4.69, 9.17) is 19.3 Å². The van der Waals surface area contributed by atoms with Gasteiger partial charge in [0.15, 0.2) is 18.2 Å². The third-order valence-corrected chi connectivity index (χ3v) is 5.50. The van der Waals surface area contributed by atoms with Crippen molar-refractivity contribution in [2.45, 2.75) is 17.4 Å². The van der Waals surface area contributed by atoms with Gasteiger partial charge in [-0.1, -0.05) is 17.8 Å². The Bertz CT molecular complexity index is 1000. The molecule has 3 rings (SSSR count). The zero-order valence-corrected chi connectivity index (χ0v) is 17.8. The van der Waals surface area contributed by atoms with Gasteiger partial charge in [-0.05, 0) is 35.9 Å². The minimum absolute atomic E-state index is 0.0981. The fourth-order valence-corrected chi connectivity index (χ4v) is 3.67. The third-order valence-electron chi connectivity index (χ3n) is 4.51. The van der Waals surface area contributed by atoms with Crippen molar-refractivity contribution in [1.82, 2.24) is 0 Å². The normalized spacial score (nSPS) is 13.8. The fourth-order valence-electron chi connectivity index (χ4n) is 3.00. The number of carbonyl (C=O) groups excluding carboxylic acids is 1. The second-order valence-electron chi connectivity index (χ2n) is 6.78. The first-order valence-electron chi connectivity index (χ1n) is 9.44. The summed E-state index contributed by atoms with van der Waals surface area (Å²) in [6.45, 7) is -1.32. The molecule has 7 nitrogen and oxygen atoms in total. The van der Waals surface area contributed by atoms with Crippen molar-refractivity contribution < 1.29 is 42.1 Å². The molecular weight excluding hydrogens is 451 g/mol. The number of hydrogen-bond acceptors (Lipinski definition) is 6. The van der Waals surface area contributed by atoms with Gasteiger partial charge in [-0.25, -0.2) is 9.18 Å². The number of anilines is 1. The van der Waals surface area contributed by atoms with E-state index in [0.717, 1.165) is 0 Å². The van der Waals surface area contributed by atoms with E-state index in [1.165, 1.54) is 36.3 Å². The summed E-state index contributed by atoms with van der Waals surface area (Å²) in [4.78, 5) is 24.2. The van der Waals surface area contributed by atoms with E-state index in [2.05, 4.69) is 0 Å². The van der Waals surface area contributed by atoms with Crippen molar-refractivity contribution >= 4 is 29.5 Å². The minimum Gasteiger partial charge on any atom is -0.493 e. The van der Waals surface area contributed by atoms with Gasteiger partial charge in [-0.2, -0.15) is 8.78 Å². The highest BCUT2D eigenvalue weighted by Crippen LogP contribution is 2.40. The molecule has 1 aliphatic rings. The number of carbonyl (C=O) groups is 2. The third kappa shape index (κ3) is 5.78. The fraction of sp³-hybridized carbons (Fsp3) is 0.333. The SMILES string of the molecule is COc1ccc(CC(=O)O)cc1Oc1ccc(N2CCOC2=O)cc1CSC(F)(F)CF. The highest BCUT2D eigenvalue weighted by molar-refractivity contribution is 7.99. The molecule has 1 N–H and O–H groups in total. The van der Waals surface area contributed by atoms with Crippen molar-refractivity contribution in [3.05, 3.63) is 47.5 Å². The van der Waals surface area contributed by atoms with E-state index in [-0.39, 0.29) is 47.6 Å². The molecule has 172 valence electrons. The summed E-state index contributed by atoms with van der Waals surface area (Å²) >= 11 is 0.0981. The Labute approximate surface area is 186 Å². The number of ether oxygens (including phenoxy) is 3. The van der Waals surface area contributed by atoms with Gasteiger partial charge in [0.05, 0.1) is 20.1 Å². The predicted molar refractivity (Wildman–Crippen MR) is 112 cm³/mol. The first kappa shape index (κ1) is 23.6. The number of benzene rings is 2. The average molecular weight is 471 g/mol. The molecule has 1 fully saturated rings. The van der Waals surface area contributed by atoms with Crippen LogP contribution in [-0.2, 0) is 21.7 Å². The molecule has 1 aliphatic heterocycles. The molecule has 11 heteroatoms. The number of alkyl halides is 3. The number of carboxylic acid groups (broad SMARTS) is 1. The Balaban J connectivity index is 1.95. The van der Waals surface area contributed by atoms with Crippen LogP contribution in [0.3, 0.4) is 0 Å². The number of carboxylic acids is 1. The molecule has 0 unspecified atom stereocenters. The van der Waals surface area contributed by atoms with Gasteiger partial charge in [-0.15, -0.1) is 0 Å². The molecule has 2 aromatic carbocycles. The van der Waals surface area contributed by atoms with Crippen LogP contribution in [0.4, 0.5) is 23.7 Å². The Hall–Kier alpha value is -3.08. The number of amides is 1. The maximum atomic E-state index is 13.5. The zero-order valence-electron chi connectivity index (χ0n) is 17.0. The van der Waals surface area contributed by atoms with Gasteiger partial charge >= 0.3 is 17.3 Å². The van der Waals surface area contributed by atoms with Crippen LogP contribution in [0.5, 0.6) is 17.2 Å². The lowest BCUT2D eigenvalue weighted by molar-refractivity contribution is -0.136. The van der Waals surface area contributed by atoms with E-state index >= 15 is 0 Å². The topological polar surface area (TPSA) is 85.3 Å². The summed E-state index contributed by atoms with van der Waals surface area (Å²) < 4.78 is 55.7. The highest BCUT2D eigenvalue weighted by Gasteiger charge is 2.31. The van der Waals surface area contributed by atoms with E-state index in [1.807, 2.05) is 0 Å². The molecule has 0 aliphatic carbocycles. The van der Waals surface area contributed by atoms with Crippen LogP contribution < -0.4 is 14.4 Å². The number of methoxy groups -OCH3 is 1. The molecule has 1 amide bonds. The molecule has 1 heterocycles. The molecule has 0 radical (unpaired) electrons. The molecule has 32 heavy (non-hydrogen) atoms. The Morgan fingerprint density at radius 1 is 1.22 bits per heavy atom. The van der Waals surface area contributed by atoms with Gasteiger partial charge in [0.1, 0.15) is 12.4 Å². The number of halogens is 3. The zero-order chi connectivity index (χ0) is 23.3. The number of cyclic esters (lactones) is 1. The van der Waals surface area contributed by atoms with Gasteiger partial charge in [0, 0.05) is 17.0 Å². The first-order valence-corrected chi connectivity index (χ1v) is 10.4. The molecule has 0 saturated carbocycles. The Morgan fingerprint density at radius 2 is 1.97 bits per heavy atom. The Kier molecular flexibility index (Phi) is 7.39. The van der Waals surface area contributed by atoms with Crippen LogP contribution in [0.15, 0.2) is 36.4 Å². The standard InChI is InChI=1S/C21H20F3NO6S/c1-29-17-4-2-13(9-19(26)27)8-18(17)31-16-5-3-15(25-6-7-30-20(25)28)10-14(16)11-32-21(23,24)12-22/h2-5,8,10H,6-7,9,11-12H2,1H3,(H,26,27). The summed E-state index contributed by atoms with van der Waals surface area (Å²) in [7, 11) is 1.40. The monoisotopic (exact) mass is 471 g/mol. The van der Waals surface area contributed by atoms with Crippen molar-refractivity contribution in [2.75, 3.05) is 31.8 Å². The second-order valence-corrected chi connectivity index (χ2v) is 7.95. The van der Waals surface area contributed by atoms with Crippen molar-refractivity contribution in [2.24, 2.45) is 0 Å². The summed E-state index contributed by atoms with van der Waals surface area (Å²) in [6.07, 6.45) is -0.809. The van der Waals surface area contributed by atoms with E-state index in [1.54, 1.807) is 12.1 Å². The largest absolute Gasteiger partial charge is 0.493 e. The Morgan fingerprint density at radius 3 is 2.59 bits per heavy atom. The van der Waals surface area contributed by atoms with Gasteiger partial charge in [-0.3, -0.25) is 9.69 Å². The molecule has 0 bridgehead atoms. The van der Waals surface area contributed by atoms with E-state index in [0.29, 0.717) is 23.5 Å². The molecule has 2 aromatic rings. The smallest absolute Gasteiger partial charge is 0.414 e. The molecule has 0 atom stereocenters. The quantitative estimate of drug-likeness (QED) is 0.529. The van der Waals surface area contributed by atoms with Gasteiger partial charge in [0.2, 0.25) is 0 Å². The number of hydrogen-bond donors (Lipinski definition) is 1. The summed E-state index contributed by atoms with van der Waals surface area (Å²) in [6, 6.07) is 9.14. The first-order chi connectivity index (χ1) is 15.2. The number of thioether (sulfide) groups is 1. The van der Waals surface area contributed by atoms with Crippen LogP contribution in [0.2, 0.25) is 0 Å². The van der Waals surface area contributed by atoms with Crippen LogP contribution in [0.1, 0.15) is 11.1 Å². The lowest BCUT2D eigenvalue weighted by atomic mass is 10.1. The van der Waals surface area contributed by atoms with Crippen LogP contribution in [0.25, 0.3) is 0 Å². The number of nitrogens with zero attached hydrogens (tertiary/aromatic N) is 1.